The van der Waals surface area contributed by atoms with E-state index in [2.05, 4.69) is 15.5 Å². The number of carbonyl (C=O) groups excluding carboxylic acids is 1. The van der Waals surface area contributed by atoms with Gasteiger partial charge in [0.05, 0.1) is 6.20 Å². The molecule has 1 amide bonds. The van der Waals surface area contributed by atoms with Crippen molar-refractivity contribution in [3.63, 3.8) is 0 Å². The molecule has 1 aromatic carbocycles. The molecule has 0 saturated carbocycles. The molecule has 0 spiro atoms. The van der Waals surface area contributed by atoms with Gasteiger partial charge in [0.2, 0.25) is 5.91 Å². The predicted octanol–water partition coefficient (Wildman–Crippen LogP) is 0.455. The molecule has 0 unspecified atom stereocenters. The molecule has 0 aliphatic rings. The van der Waals surface area contributed by atoms with E-state index in [1.54, 1.807) is 0 Å². The zero-order valence-corrected chi connectivity index (χ0v) is 9.81. The maximum Gasteiger partial charge on any atom is 0.243 e. The Bertz CT molecular complexity index is 578. The van der Waals surface area contributed by atoms with Crippen molar-refractivity contribution in [2.24, 2.45) is 0 Å². The molecule has 0 saturated heterocycles. The van der Waals surface area contributed by atoms with E-state index in [1.165, 1.54) is 12.3 Å². The van der Waals surface area contributed by atoms with Gasteiger partial charge in [0, 0.05) is 12.1 Å². The first kappa shape index (κ1) is 12.9. The fourth-order valence-corrected chi connectivity index (χ4v) is 1.46. The van der Waals surface area contributed by atoms with Gasteiger partial charge < -0.3 is 11.1 Å². The molecule has 0 radical (unpaired) electrons. The van der Waals surface area contributed by atoms with Gasteiger partial charge in [0.15, 0.2) is 5.82 Å². The fraction of sp³-hybridized carbons (Fsp3) is 0.182. The first-order valence-corrected chi connectivity index (χ1v) is 5.41. The molecule has 2 rings (SSSR count). The molecule has 0 atom stereocenters. The van der Waals surface area contributed by atoms with Gasteiger partial charge in [-0.3, -0.25) is 4.79 Å². The van der Waals surface area contributed by atoms with E-state index >= 15 is 0 Å². The highest BCUT2D eigenvalue weighted by atomic mass is 19.1. The Labute approximate surface area is 107 Å². The summed E-state index contributed by atoms with van der Waals surface area (Å²) >= 11 is 0. The lowest BCUT2D eigenvalue weighted by atomic mass is 10.2. The Kier molecular flexibility index (Phi) is 3.69. The predicted molar refractivity (Wildman–Crippen MR) is 62.6 cm³/mol. The van der Waals surface area contributed by atoms with Crippen LogP contribution >= 0.6 is 0 Å². The van der Waals surface area contributed by atoms with Gasteiger partial charge in [-0.15, -0.1) is 5.10 Å². The van der Waals surface area contributed by atoms with Crippen molar-refractivity contribution >= 4 is 11.7 Å². The molecule has 2 aromatic rings. The zero-order valence-electron chi connectivity index (χ0n) is 9.81. The van der Waals surface area contributed by atoms with Crippen LogP contribution in [-0.2, 0) is 17.9 Å². The van der Waals surface area contributed by atoms with Crippen LogP contribution in [0.2, 0.25) is 0 Å². The van der Waals surface area contributed by atoms with Crippen molar-refractivity contribution in [2.45, 2.75) is 13.1 Å². The topological polar surface area (TPSA) is 85.8 Å². The van der Waals surface area contributed by atoms with E-state index in [4.69, 9.17) is 5.73 Å². The van der Waals surface area contributed by atoms with E-state index in [-0.39, 0.29) is 24.5 Å². The van der Waals surface area contributed by atoms with Gasteiger partial charge in [-0.2, -0.15) is 9.90 Å². The zero-order chi connectivity index (χ0) is 13.8. The number of nitrogen functional groups attached to an aromatic ring is 1. The maximum absolute atomic E-state index is 13.3. The fourth-order valence-electron chi connectivity index (χ4n) is 1.46. The molecule has 1 aromatic heterocycles. The summed E-state index contributed by atoms with van der Waals surface area (Å²) in [4.78, 5) is 12.6. The van der Waals surface area contributed by atoms with Gasteiger partial charge in [0.25, 0.3) is 0 Å². The van der Waals surface area contributed by atoms with Crippen molar-refractivity contribution in [2.75, 3.05) is 5.73 Å². The van der Waals surface area contributed by atoms with Gasteiger partial charge in [-0.25, -0.2) is 8.78 Å². The highest BCUT2D eigenvalue weighted by Crippen LogP contribution is 2.11. The van der Waals surface area contributed by atoms with Crippen LogP contribution in [0.5, 0.6) is 0 Å². The van der Waals surface area contributed by atoms with Gasteiger partial charge in [-0.1, -0.05) is 6.07 Å². The molecule has 1 heterocycles. The average molecular weight is 267 g/mol. The quantitative estimate of drug-likeness (QED) is 0.842. The summed E-state index contributed by atoms with van der Waals surface area (Å²) in [5.41, 5.74) is 5.14. The number of hydrogen-bond acceptors (Lipinski definition) is 4. The second-order valence-electron chi connectivity index (χ2n) is 3.78. The highest BCUT2D eigenvalue weighted by Gasteiger charge is 2.10. The molecule has 0 fully saturated rings. The second kappa shape index (κ2) is 5.42. The maximum atomic E-state index is 13.3. The number of amides is 1. The highest BCUT2D eigenvalue weighted by molar-refractivity contribution is 5.75. The van der Waals surface area contributed by atoms with Gasteiger partial charge in [-0.05, 0) is 12.1 Å². The van der Waals surface area contributed by atoms with Crippen LogP contribution < -0.4 is 11.1 Å². The Morgan fingerprint density at radius 2 is 2.05 bits per heavy atom. The molecular weight excluding hydrogens is 256 g/mol. The minimum absolute atomic E-state index is 0.173. The minimum Gasteiger partial charge on any atom is -0.381 e. The monoisotopic (exact) mass is 267 g/mol. The summed E-state index contributed by atoms with van der Waals surface area (Å²) in [7, 11) is 0. The van der Waals surface area contributed by atoms with Gasteiger partial charge in [0.1, 0.15) is 18.2 Å². The smallest absolute Gasteiger partial charge is 0.243 e. The number of rotatable bonds is 4. The number of carbonyl (C=O) groups is 1. The summed E-state index contributed by atoms with van der Waals surface area (Å²) in [6, 6.07) is 3.51. The van der Waals surface area contributed by atoms with Crippen LogP contribution in [0.15, 0.2) is 24.4 Å². The Morgan fingerprint density at radius 1 is 1.37 bits per heavy atom. The minimum atomic E-state index is -0.707. The normalized spacial score (nSPS) is 10.4. The van der Waals surface area contributed by atoms with E-state index in [9.17, 15) is 13.6 Å². The summed E-state index contributed by atoms with van der Waals surface area (Å²) < 4.78 is 26.6. The van der Waals surface area contributed by atoms with Crippen LogP contribution in [0.3, 0.4) is 0 Å². The van der Waals surface area contributed by atoms with E-state index < -0.39 is 17.5 Å². The number of aromatic nitrogens is 3. The van der Waals surface area contributed by atoms with E-state index in [1.807, 2.05) is 0 Å². The van der Waals surface area contributed by atoms with E-state index in [0.29, 0.717) is 0 Å². The van der Waals surface area contributed by atoms with Crippen LogP contribution in [0.25, 0.3) is 0 Å². The summed E-state index contributed by atoms with van der Waals surface area (Å²) in [5, 5.41) is 9.81. The van der Waals surface area contributed by atoms with Gasteiger partial charge >= 0.3 is 0 Å². The van der Waals surface area contributed by atoms with Crippen molar-refractivity contribution in [1.82, 2.24) is 20.3 Å². The number of benzene rings is 1. The third-order valence-electron chi connectivity index (χ3n) is 2.36. The molecule has 0 bridgehead atoms. The lowest BCUT2D eigenvalue weighted by Gasteiger charge is -2.06. The number of anilines is 1. The summed E-state index contributed by atoms with van der Waals surface area (Å²) in [6.45, 7) is -0.415. The number of nitrogens with one attached hydrogen (secondary N) is 1. The lowest BCUT2D eigenvalue weighted by Crippen LogP contribution is -2.28. The van der Waals surface area contributed by atoms with Crippen LogP contribution in [-0.4, -0.2) is 20.9 Å². The second-order valence-corrected chi connectivity index (χ2v) is 3.78. The van der Waals surface area contributed by atoms with Crippen molar-refractivity contribution in [3.05, 3.63) is 41.6 Å². The molecule has 19 heavy (non-hydrogen) atoms. The number of halogens is 2. The molecule has 0 aliphatic carbocycles. The molecule has 8 heteroatoms. The SMILES string of the molecule is Nc1cnn(CC(=O)NCc2c(F)cccc2F)n1. The van der Waals surface area contributed by atoms with Crippen molar-refractivity contribution < 1.29 is 13.6 Å². The third-order valence-corrected chi connectivity index (χ3v) is 2.36. The van der Waals surface area contributed by atoms with Crippen molar-refractivity contribution in [3.8, 4) is 0 Å². The molecule has 3 N–H and O–H groups in total. The standard InChI is InChI=1S/C11H11F2N5O/c12-8-2-1-3-9(13)7(8)4-15-11(19)6-18-16-5-10(14)17-18/h1-3,5H,4,6H2,(H2,14,17)(H,15,19). The number of nitrogens with zero attached hydrogens (tertiary/aromatic N) is 3. The molecule has 100 valence electrons. The summed E-state index contributed by atoms with van der Waals surface area (Å²) in [5.74, 6) is -1.70. The molecule has 0 aliphatic heterocycles. The first-order valence-electron chi connectivity index (χ1n) is 5.41. The third kappa shape index (κ3) is 3.24. The van der Waals surface area contributed by atoms with Crippen molar-refractivity contribution in [1.29, 1.82) is 0 Å². The Hall–Kier alpha value is -2.51. The van der Waals surface area contributed by atoms with E-state index in [0.717, 1.165) is 16.9 Å². The first-order chi connectivity index (χ1) is 9.06. The van der Waals surface area contributed by atoms with Crippen LogP contribution in [0.1, 0.15) is 5.56 Å². The molecule has 6 nitrogen and oxygen atoms in total. The van der Waals surface area contributed by atoms with Crippen LogP contribution in [0, 0.1) is 11.6 Å². The summed E-state index contributed by atoms with van der Waals surface area (Å²) in [6.07, 6.45) is 1.30. The Morgan fingerprint density at radius 3 is 2.63 bits per heavy atom. The average Bonchev–Trinajstić information content (AvgIpc) is 2.74. The number of hydrogen-bond donors (Lipinski definition) is 2. The lowest BCUT2D eigenvalue weighted by molar-refractivity contribution is -0.122. The molecular formula is C11H11F2N5O. The Balaban J connectivity index is 1.93. The number of nitrogens with two attached hydrogens (primary N) is 1. The largest absolute Gasteiger partial charge is 0.381 e. The van der Waals surface area contributed by atoms with Crippen LogP contribution in [0.4, 0.5) is 14.6 Å².